The van der Waals surface area contributed by atoms with Gasteiger partial charge >= 0.3 is 5.97 Å². The Bertz CT molecular complexity index is 191. The van der Waals surface area contributed by atoms with E-state index < -0.39 is 5.97 Å². The fourth-order valence-electron chi connectivity index (χ4n) is 1.90. The van der Waals surface area contributed by atoms with Crippen molar-refractivity contribution in [2.24, 2.45) is 0 Å². The number of hydrazine groups is 1. The number of aliphatic carboxylic acids is 1. The predicted molar refractivity (Wildman–Crippen MR) is 43.6 cm³/mol. The van der Waals surface area contributed by atoms with Gasteiger partial charge in [-0.15, -0.1) is 0 Å². The van der Waals surface area contributed by atoms with Crippen molar-refractivity contribution in [3.05, 3.63) is 0 Å². The highest BCUT2D eigenvalue weighted by Gasteiger charge is 2.36. The number of hydrogen-bond acceptors (Lipinski definition) is 3. The minimum Gasteiger partial charge on any atom is -0.480 e. The van der Waals surface area contributed by atoms with Crippen molar-refractivity contribution in [2.45, 2.75) is 25.3 Å². The Morgan fingerprint density at radius 3 is 2.50 bits per heavy atom. The quantitative estimate of drug-likeness (QED) is 0.641. The van der Waals surface area contributed by atoms with Gasteiger partial charge in [0.15, 0.2) is 0 Å². The molecule has 0 aromatic heterocycles. The van der Waals surface area contributed by atoms with Crippen molar-refractivity contribution < 1.29 is 9.90 Å². The SMILES string of the molecule is O=C(O)[C@H]1CCCN1N1CCC1. The maximum absolute atomic E-state index is 10.8. The Kier molecular flexibility index (Phi) is 2.02. The van der Waals surface area contributed by atoms with Crippen LogP contribution >= 0.6 is 0 Å². The van der Waals surface area contributed by atoms with Crippen molar-refractivity contribution in [3.8, 4) is 0 Å². The maximum Gasteiger partial charge on any atom is 0.322 e. The zero-order chi connectivity index (χ0) is 8.55. The Morgan fingerprint density at radius 2 is 2.00 bits per heavy atom. The smallest absolute Gasteiger partial charge is 0.322 e. The molecule has 0 unspecified atom stereocenters. The van der Waals surface area contributed by atoms with Gasteiger partial charge in [-0.25, -0.2) is 10.0 Å². The van der Waals surface area contributed by atoms with E-state index in [4.69, 9.17) is 5.11 Å². The van der Waals surface area contributed by atoms with Crippen molar-refractivity contribution in [1.82, 2.24) is 10.0 Å². The van der Waals surface area contributed by atoms with Crippen LogP contribution < -0.4 is 0 Å². The molecule has 2 saturated heterocycles. The number of hydrogen-bond donors (Lipinski definition) is 1. The van der Waals surface area contributed by atoms with Gasteiger partial charge in [-0.05, 0) is 19.3 Å². The summed E-state index contributed by atoms with van der Waals surface area (Å²) < 4.78 is 0. The van der Waals surface area contributed by atoms with Crippen LogP contribution in [0.2, 0.25) is 0 Å². The van der Waals surface area contributed by atoms with E-state index in [1.807, 2.05) is 5.01 Å². The molecule has 68 valence electrons. The third kappa shape index (κ3) is 1.21. The van der Waals surface area contributed by atoms with Crippen molar-refractivity contribution in [2.75, 3.05) is 19.6 Å². The van der Waals surface area contributed by atoms with E-state index in [1.165, 1.54) is 6.42 Å². The lowest BCUT2D eigenvalue weighted by molar-refractivity contribution is -0.154. The number of rotatable bonds is 2. The first kappa shape index (κ1) is 8.01. The standard InChI is InChI=1S/C8H14N2O2/c11-8(12)7-3-1-6-10(7)9-4-2-5-9/h7H,1-6H2,(H,11,12)/t7-/m1/s1. The molecule has 0 aliphatic carbocycles. The fourth-order valence-corrected chi connectivity index (χ4v) is 1.90. The van der Waals surface area contributed by atoms with E-state index >= 15 is 0 Å². The molecule has 0 spiro atoms. The summed E-state index contributed by atoms with van der Waals surface area (Å²) in [5.74, 6) is -0.667. The van der Waals surface area contributed by atoms with Gasteiger partial charge in [-0.1, -0.05) is 0 Å². The van der Waals surface area contributed by atoms with E-state index in [-0.39, 0.29) is 6.04 Å². The molecule has 4 nitrogen and oxygen atoms in total. The number of carboxylic acid groups (broad SMARTS) is 1. The molecule has 2 heterocycles. The van der Waals surface area contributed by atoms with Crippen LogP contribution in [0.4, 0.5) is 0 Å². The first-order valence-corrected chi connectivity index (χ1v) is 4.53. The molecule has 12 heavy (non-hydrogen) atoms. The van der Waals surface area contributed by atoms with Gasteiger partial charge in [0.1, 0.15) is 6.04 Å². The summed E-state index contributed by atoms with van der Waals surface area (Å²) in [4.78, 5) is 10.8. The Balaban J connectivity index is 1.98. The fraction of sp³-hybridized carbons (Fsp3) is 0.875. The minimum atomic E-state index is -0.667. The van der Waals surface area contributed by atoms with Crippen LogP contribution in [0.25, 0.3) is 0 Å². The van der Waals surface area contributed by atoms with E-state index in [1.54, 1.807) is 0 Å². The van der Waals surface area contributed by atoms with Gasteiger partial charge in [0, 0.05) is 19.6 Å². The average molecular weight is 170 g/mol. The average Bonchev–Trinajstić information content (AvgIpc) is 2.31. The molecule has 1 N–H and O–H groups in total. The zero-order valence-corrected chi connectivity index (χ0v) is 7.07. The van der Waals surface area contributed by atoms with Crippen LogP contribution in [0.3, 0.4) is 0 Å². The number of carboxylic acids is 1. The van der Waals surface area contributed by atoms with Gasteiger partial charge in [-0.2, -0.15) is 0 Å². The molecule has 0 aromatic carbocycles. The van der Waals surface area contributed by atoms with E-state index in [2.05, 4.69) is 5.01 Å². The second-order valence-electron chi connectivity index (χ2n) is 3.47. The first-order chi connectivity index (χ1) is 5.79. The number of carbonyl (C=O) groups is 1. The summed E-state index contributed by atoms with van der Waals surface area (Å²) >= 11 is 0. The van der Waals surface area contributed by atoms with Crippen molar-refractivity contribution >= 4 is 5.97 Å². The highest BCUT2D eigenvalue weighted by Crippen LogP contribution is 2.23. The predicted octanol–water partition coefficient (Wildman–Crippen LogP) is 0.156. The summed E-state index contributed by atoms with van der Waals surface area (Å²) in [5, 5.41) is 13.1. The lowest BCUT2D eigenvalue weighted by atomic mass is 10.2. The molecule has 4 heteroatoms. The summed E-state index contributed by atoms with van der Waals surface area (Å²) in [6, 6.07) is -0.245. The van der Waals surface area contributed by atoms with Gasteiger partial charge in [0.25, 0.3) is 0 Å². The normalized spacial score (nSPS) is 31.8. The van der Waals surface area contributed by atoms with Gasteiger partial charge in [-0.3, -0.25) is 4.79 Å². The van der Waals surface area contributed by atoms with Crippen LogP contribution in [-0.4, -0.2) is 46.8 Å². The molecule has 0 aromatic rings. The Hall–Kier alpha value is -0.610. The molecule has 2 fully saturated rings. The summed E-state index contributed by atoms with van der Waals surface area (Å²) in [5.41, 5.74) is 0. The molecule has 2 aliphatic rings. The second-order valence-corrected chi connectivity index (χ2v) is 3.47. The molecule has 0 radical (unpaired) electrons. The third-order valence-electron chi connectivity index (χ3n) is 2.71. The number of nitrogens with zero attached hydrogens (tertiary/aromatic N) is 2. The van der Waals surface area contributed by atoms with Crippen LogP contribution in [0, 0.1) is 0 Å². The van der Waals surface area contributed by atoms with Crippen LogP contribution in [-0.2, 0) is 4.79 Å². The highest BCUT2D eigenvalue weighted by molar-refractivity contribution is 5.73. The molecule has 0 amide bonds. The molecular formula is C8H14N2O2. The third-order valence-corrected chi connectivity index (χ3v) is 2.71. The van der Waals surface area contributed by atoms with Gasteiger partial charge in [0.05, 0.1) is 0 Å². The maximum atomic E-state index is 10.8. The van der Waals surface area contributed by atoms with Gasteiger partial charge in [0.2, 0.25) is 0 Å². The largest absolute Gasteiger partial charge is 0.480 e. The van der Waals surface area contributed by atoms with E-state index in [0.717, 1.165) is 32.5 Å². The lowest BCUT2D eigenvalue weighted by Crippen LogP contribution is -2.54. The van der Waals surface area contributed by atoms with Crippen molar-refractivity contribution in [3.63, 3.8) is 0 Å². The second kappa shape index (κ2) is 3.03. The highest BCUT2D eigenvalue weighted by atomic mass is 16.4. The zero-order valence-electron chi connectivity index (χ0n) is 7.07. The lowest BCUT2D eigenvalue weighted by Gasteiger charge is -2.40. The Morgan fingerprint density at radius 1 is 1.25 bits per heavy atom. The monoisotopic (exact) mass is 170 g/mol. The van der Waals surface area contributed by atoms with E-state index in [0.29, 0.717) is 0 Å². The molecule has 0 saturated carbocycles. The molecule has 2 rings (SSSR count). The topological polar surface area (TPSA) is 43.8 Å². The molecule has 2 aliphatic heterocycles. The minimum absolute atomic E-state index is 0.245. The Labute approximate surface area is 71.7 Å². The molecule has 0 bridgehead atoms. The van der Waals surface area contributed by atoms with E-state index in [9.17, 15) is 4.79 Å². The van der Waals surface area contributed by atoms with Crippen LogP contribution in [0.15, 0.2) is 0 Å². The van der Waals surface area contributed by atoms with Crippen LogP contribution in [0.5, 0.6) is 0 Å². The molecular weight excluding hydrogens is 156 g/mol. The molecule has 1 atom stereocenters. The summed E-state index contributed by atoms with van der Waals surface area (Å²) in [6.07, 6.45) is 3.04. The first-order valence-electron chi connectivity index (χ1n) is 4.53. The van der Waals surface area contributed by atoms with Crippen molar-refractivity contribution in [1.29, 1.82) is 0 Å². The van der Waals surface area contributed by atoms with Crippen LogP contribution in [0.1, 0.15) is 19.3 Å². The van der Waals surface area contributed by atoms with Gasteiger partial charge < -0.3 is 5.11 Å². The summed E-state index contributed by atoms with van der Waals surface area (Å²) in [6.45, 7) is 3.02. The summed E-state index contributed by atoms with van der Waals surface area (Å²) in [7, 11) is 0.